The Morgan fingerprint density at radius 3 is 2.59 bits per heavy atom. The summed E-state index contributed by atoms with van der Waals surface area (Å²) in [6, 6.07) is 9.40. The second-order valence-corrected chi connectivity index (χ2v) is 10.3. The first-order valence-corrected chi connectivity index (χ1v) is 12.9. The van der Waals surface area contributed by atoms with Crippen LogP contribution in [-0.4, -0.2) is 54.6 Å². The lowest BCUT2D eigenvalue weighted by molar-refractivity contribution is 0.0142. The number of aromatic amines is 1. The summed E-state index contributed by atoms with van der Waals surface area (Å²) < 4.78 is 14.6. The third kappa shape index (κ3) is 4.22. The lowest BCUT2D eigenvalue weighted by Crippen LogP contribution is -2.58. The Labute approximate surface area is 213 Å². The summed E-state index contributed by atoms with van der Waals surface area (Å²) in [6.07, 6.45) is 10.9. The molecule has 4 aromatic rings. The number of nitrogens with one attached hydrogen (secondary N) is 1. The Balaban J connectivity index is 1.42. The van der Waals surface area contributed by atoms with Crippen LogP contribution in [0, 0.1) is 11.8 Å². The number of fused-ring (bicyclic) bond motifs is 1. The van der Waals surface area contributed by atoms with E-state index < -0.39 is 6.67 Å². The van der Waals surface area contributed by atoms with Crippen LogP contribution in [0.15, 0.2) is 53.7 Å². The molecule has 1 N–H and O–H groups in total. The summed E-state index contributed by atoms with van der Waals surface area (Å²) in [6.45, 7) is 1.68. The van der Waals surface area contributed by atoms with Gasteiger partial charge in [-0.3, -0.25) is 29.0 Å². The predicted molar refractivity (Wildman–Crippen MR) is 138 cm³/mol. The van der Waals surface area contributed by atoms with Crippen molar-refractivity contribution >= 4 is 11.6 Å². The molecular formula is C28H29FN6O2. The maximum Gasteiger partial charge on any atom is 0.273 e. The molecule has 0 spiro atoms. The van der Waals surface area contributed by atoms with Crippen LogP contribution in [0.1, 0.15) is 48.5 Å². The van der Waals surface area contributed by atoms with Gasteiger partial charge in [0.25, 0.3) is 11.5 Å². The Bertz CT molecular complexity index is 1490. The van der Waals surface area contributed by atoms with Crippen molar-refractivity contribution in [2.45, 2.75) is 45.1 Å². The lowest BCUT2D eigenvalue weighted by atomic mass is 9.90. The number of benzene rings is 1. The number of aromatic nitrogens is 5. The number of amides is 1. The fraction of sp³-hybridized carbons (Fsp3) is 0.393. The minimum atomic E-state index is -0.478. The first-order chi connectivity index (χ1) is 18.0. The van der Waals surface area contributed by atoms with Crippen LogP contribution in [0.5, 0.6) is 0 Å². The molecule has 0 radical (unpaired) electrons. The zero-order valence-corrected chi connectivity index (χ0v) is 20.7. The third-order valence-electron chi connectivity index (χ3n) is 7.96. The molecule has 0 bridgehead atoms. The fourth-order valence-electron chi connectivity index (χ4n) is 5.64. The van der Waals surface area contributed by atoms with Crippen molar-refractivity contribution < 1.29 is 9.18 Å². The molecule has 2 fully saturated rings. The zero-order chi connectivity index (χ0) is 25.5. The Hall–Kier alpha value is -3.88. The number of halogens is 1. The molecule has 9 heteroatoms. The van der Waals surface area contributed by atoms with Gasteiger partial charge in [-0.15, -0.1) is 0 Å². The highest BCUT2D eigenvalue weighted by atomic mass is 19.1. The molecule has 2 atom stereocenters. The topological polar surface area (TPSA) is 96.3 Å². The second kappa shape index (κ2) is 9.53. The number of hydrogen-bond donors (Lipinski definition) is 1. The minimum Gasteiger partial charge on any atom is -0.335 e. The molecule has 1 saturated heterocycles. The largest absolute Gasteiger partial charge is 0.335 e. The molecule has 37 heavy (non-hydrogen) atoms. The van der Waals surface area contributed by atoms with Crippen molar-refractivity contribution in [1.82, 2.24) is 29.5 Å². The van der Waals surface area contributed by atoms with E-state index in [2.05, 4.69) is 27.2 Å². The van der Waals surface area contributed by atoms with Gasteiger partial charge in [0.2, 0.25) is 0 Å². The highest BCUT2D eigenvalue weighted by molar-refractivity contribution is 6.05. The SMILES string of the molecule is C[C@H]1[C@@H](CF)CN1C(=O)c1c(-c2cnccn2)[nH]n2c(=O)cc(-c3ccc(CC4CCCC4)cc3)nc12. The van der Waals surface area contributed by atoms with E-state index in [1.165, 1.54) is 60.4 Å². The molecule has 1 aliphatic heterocycles. The van der Waals surface area contributed by atoms with Crippen LogP contribution in [0.25, 0.3) is 28.3 Å². The number of alkyl halides is 1. The van der Waals surface area contributed by atoms with Crippen LogP contribution in [0.2, 0.25) is 0 Å². The van der Waals surface area contributed by atoms with E-state index >= 15 is 0 Å². The van der Waals surface area contributed by atoms with Crippen LogP contribution in [-0.2, 0) is 6.42 Å². The summed E-state index contributed by atoms with van der Waals surface area (Å²) in [5.74, 6) is 0.245. The van der Waals surface area contributed by atoms with E-state index in [0.717, 1.165) is 17.9 Å². The van der Waals surface area contributed by atoms with Gasteiger partial charge in [-0.2, -0.15) is 0 Å². The van der Waals surface area contributed by atoms with Crippen LogP contribution >= 0.6 is 0 Å². The van der Waals surface area contributed by atoms with Gasteiger partial charge in [0.15, 0.2) is 5.65 Å². The fourth-order valence-corrected chi connectivity index (χ4v) is 5.64. The van der Waals surface area contributed by atoms with Crippen LogP contribution < -0.4 is 5.56 Å². The maximum absolute atomic E-state index is 13.7. The van der Waals surface area contributed by atoms with Gasteiger partial charge in [0, 0.05) is 42.5 Å². The monoisotopic (exact) mass is 500 g/mol. The summed E-state index contributed by atoms with van der Waals surface area (Å²) in [5, 5.41) is 3.02. The predicted octanol–water partition coefficient (Wildman–Crippen LogP) is 4.31. The molecule has 4 heterocycles. The molecule has 3 aromatic heterocycles. The molecule has 1 amide bonds. The van der Waals surface area contributed by atoms with Gasteiger partial charge in [0.1, 0.15) is 11.3 Å². The van der Waals surface area contributed by atoms with Gasteiger partial charge in [-0.25, -0.2) is 9.50 Å². The van der Waals surface area contributed by atoms with E-state index in [1.54, 1.807) is 4.90 Å². The summed E-state index contributed by atoms with van der Waals surface area (Å²) in [5.41, 5.74) is 3.49. The number of H-pyrrole nitrogens is 1. The Kier molecular flexibility index (Phi) is 6.06. The number of carbonyl (C=O) groups is 1. The van der Waals surface area contributed by atoms with Crippen molar-refractivity contribution in [2.24, 2.45) is 11.8 Å². The highest BCUT2D eigenvalue weighted by Gasteiger charge is 2.41. The number of carbonyl (C=O) groups excluding carboxylic acids is 1. The summed E-state index contributed by atoms with van der Waals surface area (Å²) in [7, 11) is 0. The minimum absolute atomic E-state index is 0.192. The molecule has 1 saturated carbocycles. The highest BCUT2D eigenvalue weighted by Crippen LogP contribution is 2.32. The van der Waals surface area contributed by atoms with Crippen molar-refractivity contribution in [1.29, 1.82) is 0 Å². The standard InChI is InChI=1S/C28H29FN6O2/c1-17-21(14-29)16-34(17)28(37)25-26(23-15-30-10-11-31-23)33-35-24(36)13-22(32-27(25)35)20-8-6-19(7-9-20)12-18-4-2-3-5-18/h6-11,13,15,17-18,21,33H,2-5,12,14,16H2,1H3/t17-,21-/m0/s1. The molecule has 190 valence electrons. The number of likely N-dealkylation sites (tertiary alicyclic amines) is 1. The van der Waals surface area contributed by atoms with Gasteiger partial charge in [-0.1, -0.05) is 49.9 Å². The molecule has 0 unspecified atom stereocenters. The van der Waals surface area contributed by atoms with Gasteiger partial charge in [0.05, 0.1) is 24.3 Å². The van der Waals surface area contributed by atoms with Crippen molar-refractivity contribution in [2.75, 3.05) is 13.2 Å². The van der Waals surface area contributed by atoms with Gasteiger partial charge >= 0.3 is 0 Å². The smallest absolute Gasteiger partial charge is 0.273 e. The van der Waals surface area contributed by atoms with E-state index in [9.17, 15) is 14.0 Å². The van der Waals surface area contributed by atoms with Crippen molar-refractivity contribution in [3.8, 4) is 22.6 Å². The third-order valence-corrected chi connectivity index (χ3v) is 7.96. The van der Waals surface area contributed by atoms with Crippen molar-refractivity contribution in [3.63, 3.8) is 0 Å². The summed E-state index contributed by atoms with van der Waals surface area (Å²) >= 11 is 0. The lowest BCUT2D eigenvalue weighted by Gasteiger charge is -2.45. The molecular weight excluding hydrogens is 471 g/mol. The molecule has 1 aliphatic carbocycles. The van der Waals surface area contributed by atoms with Gasteiger partial charge in [-0.05, 0) is 24.8 Å². The average molecular weight is 501 g/mol. The maximum atomic E-state index is 13.7. The van der Waals surface area contributed by atoms with E-state index in [4.69, 9.17) is 4.98 Å². The number of nitrogens with zero attached hydrogens (tertiary/aromatic N) is 5. The Morgan fingerprint density at radius 2 is 1.92 bits per heavy atom. The van der Waals surface area contributed by atoms with E-state index in [0.29, 0.717) is 23.6 Å². The molecule has 6 rings (SSSR count). The van der Waals surface area contributed by atoms with Crippen molar-refractivity contribution in [3.05, 3.63) is 70.4 Å². The molecule has 1 aromatic carbocycles. The number of rotatable bonds is 6. The van der Waals surface area contributed by atoms with Crippen LogP contribution in [0.4, 0.5) is 4.39 Å². The zero-order valence-electron chi connectivity index (χ0n) is 20.7. The van der Waals surface area contributed by atoms with Gasteiger partial charge < -0.3 is 4.90 Å². The summed E-state index contributed by atoms with van der Waals surface area (Å²) in [4.78, 5) is 41.7. The Morgan fingerprint density at radius 1 is 1.14 bits per heavy atom. The first kappa shape index (κ1) is 23.5. The van der Waals surface area contributed by atoms with E-state index in [1.807, 2.05) is 19.1 Å². The molecule has 2 aliphatic rings. The quantitative estimate of drug-likeness (QED) is 0.426. The first-order valence-electron chi connectivity index (χ1n) is 12.9. The normalized spacial score (nSPS) is 19.9. The molecule has 8 nitrogen and oxygen atoms in total. The average Bonchev–Trinajstić information content (AvgIpc) is 3.57. The van der Waals surface area contributed by atoms with Crippen LogP contribution in [0.3, 0.4) is 0 Å². The second-order valence-electron chi connectivity index (χ2n) is 10.3. The number of hydrogen-bond acceptors (Lipinski definition) is 5. The van der Waals surface area contributed by atoms with E-state index in [-0.39, 0.29) is 34.6 Å².